The number of anilines is 1. The van der Waals surface area contributed by atoms with Crippen molar-refractivity contribution in [3.05, 3.63) is 23.9 Å². The topological polar surface area (TPSA) is 36.4 Å². The Morgan fingerprint density at radius 2 is 1.85 bits per heavy atom. The minimum absolute atomic E-state index is 0.0906. The summed E-state index contributed by atoms with van der Waals surface area (Å²) in [6, 6.07) is 3.67. The van der Waals surface area contributed by atoms with Crippen molar-refractivity contribution in [3.8, 4) is 0 Å². The fourth-order valence-electron chi connectivity index (χ4n) is 2.27. The van der Waals surface area contributed by atoms with Crippen LogP contribution in [0.3, 0.4) is 0 Å². The van der Waals surface area contributed by atoms with Crippen LogP contribution in [-0.4, -0.2) is 48.4 Å². The molecular weight excluding hydrogens is 250 g/mol. The highest BCUT2D eigenvalue weighted by Gasteiger charge is 2.09. The molecule has 0 spiro atoms. The molecule has 0 N–H and O–H groups in total. The van der Waals surface area contributed by atoms with E-state index in [4.69, 9.17) is 0 Å². The number of rotatable bonds is 9. The van der Waals surface area contributed by atoms with Crippen molar-refractivity contribution < 1.29 is 4.79 Å². The molecule has 0 saturated heterocycles. The third kappa shape index (κ3) is 4.93. The van der Waals surface area contributed by atoms with Gasteiger partial charge in [0.15, 0.2) is 5.78 Å². The molecule has 112 valence electrons. The third-order valence-corrected chi connectivity index (χ3v) is 3.65. The van der Waals surface area contributed by atoms with Crippen LogP contribution in [0.5, 0.6) is 0 Å². The Hall–Kier alpha value is -1.42. The average molecular weight is 277 g/mol. The Morgan fingerprint density at radius 1 is 1.15 bits per heavy atom. The van der Waals surface area contributed by atoms with Gasteiger partial charge in [0.1, 0.15) is 5.82 Å². The van der Waals surface area contributed by atoms with E-state index < -0.39 is 0 Å². The number of pyridine rings is 1. The minimum atomic E-state index is 0.0906. The quantitative estimate of drug-likeness (QED) is 0.650. The summed E-state index contributed by atoms with van der Waals surface area (Å²) in [4.78, 5) is 20.5. The first-order valence-electron chi connectivity index (χ1n) is 7.56. The van der Waals surface area contributed by atoms with Crippen molar-refractivity contribution in [1.82, 2.24) is 9.88 Å². The van der Waals surface area contributed by atoms with Gasteiger partial charge in [-0.05, 0) is 52.0 Å². The highest BCUT2D eigenvalue weighted by Crippen LogP contribution is 2.13. The standard InChI is InChI=1S/C16H27N3O/c1-5-18(6-2)11-8-12-19(7-3)16-13-15(14(4)20)9-10-17-16/h9-10,13H,5-8,11-12H2,1-4H3. The van der Waals surface area contributed by atoms with Crippen molar-refractivity contribution in [2.24, 2.45) is 0 Å². The van der Waals surface area contributed by atoms with Crippen LogP contribution in [0.1, 0.15) is 44.5 Å². The molecular formula is C16H27N3O. The highest BCUT2D eigenvalue weighted by atomic mass is 16.1. The first-order chi connectivity index (χ1) is 9.62. The number of ketones is 1. The monoisotopic (exact) mass is 277 g/mol. The van der Waals surface area contributed by atoms with Crippen molar-refractivity contribution in [2.75, 3.05) is 37.6 Å². The van der Waals surface area contributed by atoms with Crippen molar-refractivity contribution in [2.45, 2.75) is 34.1 Å². The molecule has 0 fully saturated rings. The average Bonchev–Trinajstić information content (AvgIpc) is 2.48. The molecule has 1 aromatic rings. The van der Waals surface area contributed by atoms with E-state index in [9.17, 15) is 4.79 Å². The SMILES string of the molecule is CCN(CC)CCCN(CC)c1cc(C(C)=O)ccn1. The fourth-order valence-corrected chi connectivity index (χ4v) is 2.27. The molecule has 0 unspecified atom stereocenters. The first kappa shape index (κ1) is 16.6. The largest absolute Gasteiger partial charge is 0.357 e. The van der Waals surface area contributed by atoms with Gasteiger partial charge >= 0.3 is 0 Å². The van der Waals surface area contributed by atoms with Gasteiger partial charge in [0, 0.05) is 24.8 Å². The van der Waals surface area contributed by atoms with E-state index in [1.807, 2.05) is 6.07 Å². The second-order valence-electron chi connectivity index (χ2n) is 4.92. The molecule has 4 nitrogen and oxygen atoms in total. The van der Waals surface area contributed by atoms with Crippen LogP contribution in [-0.2, 0) is 0 Å². The smallest absolute Gasteiger partial charge is 0.159 e. The van der Waals surface area contributed by atoms with E-state index in [1.54, 1.807) is 19.2 Å². The van der Waals surface area contributed by atoms with Gasteiger partial charge < -0.3 is 9.80 Å². The number of carbonyl (C=O) groups excluding carboxylic acids is 1. The van der Waals surface area contributed by atoms with Crippen LogP contribution in [0.2, 0.25) is 0 Å². The molecule has 1 rings (SSSR count). The van der Waals surface area contributed by atoms with Gasteiger partial charge in [-0.1, -0.05) is 13.8 Å². The van der Waals surface area contributed by atoms with E-state index >= 15 is 0 Å². The molecule has 4 heteroatoms. The minimum Gasteiger partial charge on any atom is -0.357 e. The Balaban J connectivity index is 2.62. The molecule has 0 aliphatic heterocycles. The van der Waals surface area contributed by atoms with Crippen LogP contribution >= 0.6 is 0 Å². The van der Waals surface area contributed by atoms with E-state index in [1.165, 1.54) is 0 Å². The Kier molecular flexibility index (Phi) is 7.23. The molecule has 20 heavy (non-hydrogen) atoms. The zero-order chi connectivity index (χ0) is 15.0. The lowest BCUT2D eigenvalue weighted by atomic mass is 10.2. The molecule has 0 bridgehead atoms. The van der Waals surface area contributed by atoms with Gasteiger partial charge in [-0.15, -0.1) is 0 Å². The van der Waals surface area contributed by atoms with Crippen LogP contribution in [0.15, 0.2) is 18.3 Å². The van der Waals surface area contributed by atoms with Gasteiger partial charge in [0.2, 0.25) is 0 Å². The lowest BCUT2D eigenvalue weighted by Gasteiger charge is -2.24. The van der Waals surface area contributed by atoms with Gasteiger partial charge in [-0.3, -0.25) is 4.79 Å². The zero-order valence-corrected chi connectivity index (χ0v) is 13.2. The predicted octanol–water partition coefficient (Wildman–Crippen LogP) is 2.84. The summed E-state index contributed by atoms with van der Waals surface area (Å²) in [5, 5.41) is 0. The van der Waals surface area contributed by atoms with Crippen molar-refractivity contribution >= 4 is 11.6 Å². The van der Waals surface area contributed by atoms with Crippen molar-refractivity contribution in [3.63, 3.8) is 0 Å². The predicted molar refractivity (Wildman–Crippen MR) is 84.5 cm³/mol. The van der Waals surface area contributed by atoms with Gasteiger partial charge in [-0.2, -0.15) is 0 Å². The second kappa shape index (κ2) is 8.69. The number of hydrogen-bond donors (Lipinski definition) is 0. The fraction of sp³-hybridized carbons (Fsp3) is 0.625. The molecule has 0 atom stereocenters. The summed E-state index contributed by atoms with van der Waals surface area (Å²) < 4.78 is 0. The van der Waals surface area contributed by atoms with E-state index in [0.29, 0.717) is 0 Å². The van der Waals surface area contributed by atoms with Crippen molar-refractivity contribution in [1.29, 1.82) is 0 Å². The molecule has 0 aliphatic rings. The number of Topliss-reactive ketones (excluding diaryl/α,β-unsaturated/α-hetero) is 1. The Bertz CT molecular complexity index is 416. The summed E-state index contributed by atoms with van der Waals surface area (Å²) in [6.07, 6.45) is 2.83. The van der Waals surface area contributed by atoms with Gasteiger partial charge in [-0.25, -0.2) is 4.98 Å². The lowest BCUT2D eigenvalue weighted by Crippen LogP contribution is -2.30. The normalized spacial score (nSPS) is 10.8. The number of nitrogens with zero attached hydrogens (tertiary/aromatic N) is 3. The number of aromatic nitrogens is 1. The van der Waals surface area contributed by atoms with Crippen LogP contribution < -0.4 is 4.90 Å². The summed E-state index contributed by atoms with van der Waals surface area (Å²) in [5.41, 5.74) is 0.734. The van der Waals surface area contributed by atoms with E-state index in [2.05, 4.69) is 35.6 Å². The molecule has 1 aromatic heterocycles. The second-order valence-corrected chi connectivity index (χ2v) is 4.92. The summed E-state index contributed by atoms with van der Waals surface area (Å²) in [7, 11) is 0. The van der Waals surface area contributed by atoms with Gasteiger partial charge in [0.25, 0.3) is 0 Å². The molecule has 0 aromatic carbocycles. The Morgan fingerprint density at radius 3 is 2.40 bits per heavy atom. The number of hydrogen-bond acceptors (Lipinski definition) is 4. The van der Waals surface area contributed by atoms with Crippen LogP contribution in [0.4, 0.5) is 5.82 Å². The maximum atomic E-state index is 11.4. The van der Waals surface area contributed by atoms with Crippen LogP contribution in [0.25, 0.3) is 0 Å². The maximum absolute atomic E-state index is 11.4. The molecule has 0 saturated carbocycles. The van der Waals surface area contributed by atoms with Crippen LogP contribution in [0, 0.1) is 0 Å². The lowest BCUT2D eigenvalue weighted by molar-refractivity contribution is 0.101. The third-order valence-electron chi connectivity index (χ3n) is 3.65. The van der Waals surface area contributed by atoms with E-state index in [-0.39, 0.29) is 5.78 Å². The summed E-state index contributed by atoms with van der Waals surface area (Å²) in [6.45, 7) is 13.3. The summed E-state index contributed by atoms with van der Waals surface area (Å²) >= 11 is 0. The maximum Gasteiger partial charge on any atom is 0.159 e. The van der Waals surface area contributed by atoms with E-state index in [0.717, 1.165) is 50.5 Å². The zero-order valence-electron chi connectivity index (χ0n) is 13.2. The summed E-state index contributed by atoms with van der Waals surface area (Å²) in [5.74, 6) is 0.993. The first-order valence-corrected chi connectivity index (χ1v) is 7.56. The molecule has 1 heterocycles. The van der Waals surface area contributed by atoms with Gasteiger partial charge in [0.05, 0.1) is 0 Å². The molecule has 0 amide bonds. The molecule has 0 aliphatic carbocycles. The molecule has 0 radical (unpaired) electrons. The number of carbonyl (C=O) groups is 1. The highest BCUT2D eigenvalue weighted by molar-refractivity contribution is 5.94. The Labute approximate surface area is 122 Å².